The van der Waals surface area contributed by atoms with Crippen LogP contribution in [0.3, 0.4) is 0 Å². The van der Waals surface area contributed by atoms with E-state index in [0.717, 1.165) is 13.0 Å². The third-order valence-corrected chi connectivity index (χ3v) is 3.06. The first-order chi connectivity index (χ1) is 7.99. The summed E-state index contributed by atoms with van der Waals surface area (Å²) < 4.78 is 0. The van der Waals surface area contributed by atoms with Gasteiger partial charge in [-0.25, -0.2) is 9.59 Å². The van der Waals surface area contributed by atoms with Crippen LogP contribution in [0.25, 0.3) is 0 Å². The van der Waals surface area contributed by atoms with Crippen molar-refractivity contribution in [3.63, 3.8) is 0 Å². The summed E-state index contributed by atoms with van der Waals surface area (Å²) in [4.78, 5) is 23.9. The lowest BCUT2D eigenvalue weighted by Gasteiger charge is -2.41. The minimum atomic E-state index is -1.11. The molecule has 1 aliphatic heterocycles. The third-order valence-electron chi connectivity index (χ3n) is 3.06. The molecule has 2 N–H and O–H groups in total. The molecule has 1 unspecified atom stereocenters. The fraction of sp³-hybridized carbons (Fsp3) is 0.333. The normalized spacial score (nSPS) is 18.6. The molecule has 0 spiro atoms. The molecule has 90 valence electrons. The number of carboxylic acids is 2. The van der Waals surface area contributed by atoms with E-state index in [4.69, 9.17) is 10.2 Å². The standard InChI is InChI=1S/C12H13NO4/c1-7-2-3-13(7)10-5-8(11(14)15)4-9(6-10)12(16)17/h4-7H,2-3H2,1H3,(H,14,15)(H,16,17). The molecule has 1 aromatic rings. The van der Waals surface area contributed by atoms with Gasteiger partial charge >= 0.3 is 11.9 Å². The van der Waals surface area contributed by atoms with Gasteiger partial charge in [-0.15, -0.1) is 0 Å². The van der Waals surface area contributed by atoms with Crippen molar-refractivity contribution in [1.29, 1.82) is 0 Å². The zero-order chi connectivity index (χ0) is 12.6. The molecule has 1 fully saturated rings. The van der Waals surface area contributed by atoms with Crippen molar-refractivity contribution < 1.29 is 19.8 Å². The summed E-state index contributed by atoms with van der Waals surface area (Å²) in [6, 6.07) is 4.55. The maximum atomic E-state index is 10.9. The molecule has 1 saturated heterocycles. The monoisotopic (exact) mass is 235 g/mol. The van der Waals surface area contributed by atoms with Crippen molar-refractivity contribution in [3.8, 4) is 0 Å². The van der Waals surface area contributed by atoms with E-state index in [9.17, 15) is 9.59 Å². The van der Waals surface area contributed by atoms with Crippen LogP contribution in [0, 0.1) is 0 Å². The van der Waals surface area contributed by atoms with E-state index in [1.54, 1.807) is 0 Å². The molecule has 0 aliphatic carbocycles. The van der Waals surface area contributed by atoms with E-state index in [1.165, 1.54) is 18.2 Å². The molecule has 0 bridgehead atoms. The predicted molar refractivity (Wildman–Crippen MR) is 61.8 cm³/mol. The molecular formula is C12H13NO4. The molecule has 0 amide bonds. The van der Waals surface area contributed by atoms with Gasteiger partial charge in [0.05, 0.1) is 11.1 Å². The lowest BCUT2D eigenvalue weighted by molar-refractivity contribution is 0.0696. The van der Waals surface area contributed by atoms with Crippen LogP contribution in [0.5, 0.6) is 0 Å². The molecule has 1 aromatic carbocycles. The summed E-state index contributed by atoms with van der Waals surface area (Å²) in [5, 5.41) is 17.9. The Balaban J connectivity index is 2.44. The number of benzene rings is 1. The molecule has 5 heteroatoms. The Kier molecular flexibility index (Phi) is 2.75. The molecule has 5 nitrogen and oxygen atoms in total. The van der Waals surface area contributed by atoms with Crippen molar-refractivity contribution in [2.75, 3.05) is 11.4 Å². The third kappa shape index (κ3) is 2.08. The molecule has 0 saturated carbocycles. The Bertz CT molecular complexity index is 451. The Labute approximate surface area is 98.3 Å². The molecule has 2 rings (SSSR count). The van der Waals surface area contributed by atoms with E-state index >= 15 is 0 Å². The molecular weight excluding hydrogens is 222 g/mol. The fourth-order valence-corrected chi connectivity index (χ4v) is 1.92. The average molecular weight is 235 g/mol. The Morgan fingerprint density at radius 1 is 1.18 bits per heavy atom. The van der Waals surface area contributed by atoms with Crippen LogP contribution in [-0.4, -0.2) is 34.7 Å². The van der Waals surface area contributed by atoms with Gasteiger partial charge in [-0.1, -0.05) is 0 Å². The average Bonchev–Trinajstić information content (AvgIpc) is 2.26. The second-order valence-corrected chi connectivity index (χ2v) is 4.21. The quantitative estimate of drug-likeness (QED) is 0.833. The summed E-state index contributed by atoms with van der Waals surface area (Å²) >= 11 is 0. The number of carbonyl (C=O) groups is 2. The number of hydrogen-bond acceptors (Lipinski definition) is 3. The fourth-order valence-electron chi connectivity index (χ4n) is 1.92. The van der Waals surface area contributed by atoms with Crippen LogP contribution < -0.4 is 4.90 Å². The largest absolute Gasteiger partial charge is 0.478 e. The minimum absolute atomic E-state index is 0.0130. The predicted octanol–water partition coefficient (Wildman–Crippen LogP) is 1.68. The number of hydrogen-bond donors (Lipinski definition) is 2. The minimum Gasteiger partial charge on any atom is -0.478 e. The van der Waals surface area contributed by atoms with Crippen molar-refractivity contribution >= 4 is 17.6 Å². The van der Waals surface area contributed by atoms with E-state index in [-0.39, 0.29) is 11.1 Å². The van der Waals surface area contributed by atoms with Gasteiger partial charge in [0.1, 0.15) is 0 Å². The lowest BCUT2D eigenvalue weighted by Crippen LogP contribution is -2.45. The van der Waals surface area contributed by atoms with Crippen molar-refractivity contribution in [1.82, 2.24) is 0 Å². The van der Waals surface area contributed by atoms with Crippen molar-refractivity contribution in [2.24, 2.45) is 0 Å². The van der Waals surface area contributed by atoms with Gasteiger partial charge in [0.25, 0.3) is 0 Å². The van der Waals surface area contributed by atoms with Crippen LogP contribution in [-0.2, 0) is 0 Å². The molecule has 1 atom stereocenters. The number of rotatable bonds is 3. The van der Waals surface area contributed by atoms with Gasteiger partial charge in [0, 0.05) is 18.3 Å². The maximum absolute atomic E-state index is 10.9. The van der Waals surface area contributed by atoms with Crippen LogP contribution >= 0.6 is 0 Å². The van der Waals surface area contributed by atoms with Gasteiger partial charge in [-0.2, -0.15) is 0 Å². The molecule has 0 radical (unpaired) electrons. The summed E-state index contributed by atoms with van der Waals surface area (Å²) in [7, 11) is 0. The molecule has 0 aromatic heterocycles. The van der Waals surface area contributed by atoms with Gasteiger partial charge < -0.3 is 15.1 Å². The van der Waals surface area contributed by atoms with E-state index in [1.807, 2.05) is 11.8 Å². The van der Waals surface area contributed by atoms with Gasteiger partial charge in [0.15, 0.2) is 0 Å². The van der Waals surface area contributed by atoms with Crippen LogP contribution in [0.2, 0.25) is 0 Å². The van der Waals surface area contributed by atoms with Gasteiger partial charge in [0.2, 0.25) is 0 Å². The first-order valence-electron chi connectivity index (χ1n) is 5.37. The lowest BCUT2D eigenvalue weighted by atomic mass is 10.0. The number of aromatic carboxylic acids is 2. The van der Waals surface area contributed by atoms with Crippen LogP contribution in [0.1, 0.15) is 34.1 Å². The topological polar surface area (TPSA) is 77.8 Å². The van der Waals surface area contributed by atoms with Crippen LogP contribution in [0.15, 0.2) is 18.2 Å². The number of anilines is 1. The summed E-state index contributed by atoms with van der Waals surface area (Å²) in [6.45, 7) is 2.86. The zero-order valence-electron chi connectivity index (χ0n) is 9.38. The van der Waals surface area contributed by atoms with Gasteiger partial charge in [-0.05, 0) is 31.5 Å². The number of nitrogens with zero attached hydrogens (tertiary/aromatic N) is 1. The smallest absolute Gasteiger partial charge is 0.335 e. The SMILES string of the molecule is CC1CCN1c1cc(C(=O)O)cc(C(=O)O)c1. The molecule has 17 heavy (non-hydrogen) atoms. The summed E-state index contributed by atoms with van der Waals surface area (Å²) in [5.74, 6) is -2.22. The first-order valence-corrected chi connectivity index (χ1v) is 5.37. The van der Waals surface area contributed by atoms with E-state index in [2.05, 4.69) is 0 Å². The highest BCUT2D eigenvalue weighted by Crippen LogP contribution is 2.28. The second-order valence-electron chi connectivity index (χ2n) is 4.21. The first kappa shape index (κ1) is 11.4. The summed E-state index contributed by atoms with van der Waals surface area (Å²) in [5.41, 5.74) is 0.694. The molecule has 1 aliphatic rings. The highest BCUT2D eigenvalue weighted by molar-refractivity contribution is 5.95. The summed E-state index contributed by atoms with van der Waals surface area (Å²) in [6.07, 6.45) is 1.04. The van der Waals surface area contributed by atoms with E-state index in [0.29, 0.717) is 11.7 Å². The zero-order valence-corrected chi connectivity index (χ0v) is 9.38. The highest BCUT2D eigenvalue weighted by Gasteiger charge is 2.25. The second kappa shape index (κ2) is 4.08. The Morgan fingerprint density at radius 3 is 2.00 bits per heavy atom. The maximum Gasteiger partial charge on any atom is 0.335 e. The van der Waals surface area contributed by atoms with Gasteiger partial charge in [-0.3, -0.25) is 0 Å². The van der Waals surface area contributed by atoms with Crippen molar-refractivity contribution in [2.45, 2.75) is 19.4 Å². The van der Waals surface area contributed by atoms with E-state index < -0.39 is 11.9 Å². The number of carboxylic acid groups (broad SMARTS) is 2. The Hall–Kier alpha value is -2.04. The van der Waals surface area contributed by atoms with Crippen molar-refractivity contribution in [3.05, 3.63) is 29.3 Å². The molecule has 1 heterocycles. The Morgan fingerprint density at radius 2 is 1.71 bits per heavy atom. The highest BCUT2D eigenvalue weighted by atomic mass is 16.4. The van der Waals surface area contributed by atoms with Crippen LogP contribution in [0.4, 0.5) is 5.69 Å².